The van der Waals surface area contributed by atoms with Crippen molar-refractivity contribution in [1.29, 1.82) is 0 Å². The van der Waals surface area contributed by atoms with Gasteiger partial charge in [0.2, 0.25) is 0 Å². The summed E-state index contributed by atoms with van der Waals surface area (Å²) in [5.41, 5.74) is 0.942. The van der Waals surface area contributed by atoms with Gasteiger partial charge in [-0.05, 0) is 37.4 Å². The van der Waals surface area contributed by atoms with E-state index in [9.17, 15) is 4.39 Å². The van der Waals surface area contributed by atoms with E-state index < -0.39 is 0 Å². The Morgan fingerprint density at radius 3 is 2.42 bits per heavy atom. The van der Waals surface area contributed by atoms with E-state index in [0.717, 1.165) is 37.9 Å². The van der Waals surface area contributed by atoms with Crippen molar-refractivity contribution in [2.75, 3.05) is 13.1 Å². The van der Waals surface area contributed by atoms with Gasteiger partial charge in [-0.15, -0.1) is 0 Å². The maximum absolute atomic E-state index is 14.2. The van der Waals surface area contributed by atoms with E-state index in [1.54, 1.807) is 12.1 Å². The van der Waals surface area contributed by atoms with Gasteiger partial charge in [-0.2, -0.15) is 0 Å². The summed E-state index contributed by atoms with van der Waals surface area (Å²) < 4.78 is 14.2. The third-order valence-corrected chi connectivity index (χ3v) is 4.40. The predicted molar refractivity (Wildman–Crippen MR) is 78.9 cm³/mol. The van der Waals surface area contributed by atoms with Gasteiger partial charge in [-0.25, -0.2) is 4.39 Å². The molecule has 19 heavy (non-hydrogen) atoms. The van der Waals surface area contributed by atoms with Gasteiger partial charge in [0, 0.05) is 12.0 Å². The van der Waals surface area contributed by atoms with Crippen LogP contribution in [-0.4, -0.2) is 13.1 Å². The van der Waals surface area contributed by atoms with Gasteiger partial charge in [0.15, 0.2) is 0 Å². The van der Waals surface area contributed by atoms with Crippen LogP contribution in [0, 0.1) is 5.82 Å². The maximum Gasteiger partial charge on any atom is 0.127 e. The largest absolute Gasteiger partial charge is 0.316 e. The zero-order valence-corrected chi connectivity index (χ0v) is 12.1. The highest BCUT2D eigenvalue weighted by atomic mass is 19.1. The summed E-state index contributed by atoms with van der Waals surface area (Å²) in [6, 6.07) is 7.38. The van der Waals surface area contributed by atoms with E-state index in [-0.39, 0.29) is 11.2 Å². The van der Waals surface area contributed by atoms with Crippen LogP contribution in [0.1, 0.15) is 57.4 Å². The molecule has 0 aromatic heterocycles. The number of hydrogen-bond acceptors (Lipinski definition) is 1. The number of halogens is 1. The van der Waals surface area contributed by atoms with E-state index in [2.05, 4.69) is 12.2 Å². The highest BCUT2D eigenvalue weighted by Gasteiger charge is 2.34. The van der Waals surface area contributed by atoms with E-state index in [0.29, 0.717) is 0 Å². The zero-order valence-electron chi connectivity index (χ0n) is 12.1. The first kappa shape index (κ1) is 14.5. The molecule has 0 amide bonds. The summed E-state index contributed by atoms with van der Waals surface area (Å²) in [5.74, 6) is -0.0253. The first-order valence-corrected chi connectivity index (χ1v) is 7.74. The molecule has 2 rings (SSSR count). The van der Waals surface area contributed by atoms with Crippen molar-refractivity contribution >= 4 is 0 Å². The van der Waals surface area contributed by atoms with Gasteiger partial charge in [-0.3, -0.25) is 0 Å². The summed E-state index contributed by atoms with van der Waals surface area (Å²) in [7, 11) is 0. The Morgan fingerprint density at radius 2 is 1.79 bits per heavy atom. The molecule has 1 aromatic rings. The molecule has 0 aliphatic heterocycles. The Balaban J connectivity index is 2.24. The molecule has 1 aliphatic carbocycles. The average Bonchev–Trinajstić information content (AvgIpc) is 2.66. The molecule has 106 valence electrons. The first-order valence-electron chi connectivity index (χ1n) is 7.74. The highest BCUT2D eigenvalue weighted by molar-refractivity contribution is 5.28. The van der Waals surface area contributed by atoms with Gasteiger partial charge < -0.3 is 5.32 Å². The van der Waals surface area contributed by atoms with Crippen molar-refractivity contribution in [1.82, 2.24) is 5.32 Å². The molecular formula is C17H26FN. The van der Waals surface area contributed by atoms with E-state index >= 15 is 0 Å². The van der Waals surface area contributed by atoms with Crippen molar-refractivity contribution in [3.8, 4) is 0 Å². The minimum atomic E-state index is -0.0253. The number of hydrogen-bond donors (Lipinski definition) is 1. The summed E-state index contributed by atoms with van der Waals surface area (Å²) >= 11 is 0. The van der Waals surface area contributed by atoms with Gasteiger partial charge in [0.05, 0.1) is 0 Å². The molecule has 1 N–H and O–H groups in total. The van der Waals surface area contributed by atoms with Crippen LogP contribution in [0.4, 0.5) is 4.39 Å². The molecule has 2 heteroatoms. The van der Waals surface area contributed by atoms with Gasteiger partial charge in [-0.1, -0.05) is 50.8 Å². The number of benzene rings is 1. The summed E-state index contributed by atoms with van der Waals surface area (Å²) in [6.45, 7) is 4.12. The Kier molecular flexibility index (Phi) is 5.38. The minimum Gasteiger partial charge on any atom is -0.316 e. The second-order valence-electron chi connectivity index (χ2n) is 5.85. The second-order valence-corrected chi connectivity index (χ2v) is 5.85. The second kappa shape index (κ2) is 7.04. The Hall–Kier alpha value is -0.890. The van der Waals surface area contributed by atoms with Crippen LogP contribution in [0.2, 0.25) is 0 Å². The van der Waals surface area contributed by atoms with Crippen LogP contribution in [0.25, 0.3) is 0 Å². The van der Waals surface area contributed by atoms with E-state index in [1.165, 1.54) is 25.7 Å². The van der Waals surface area contributed by atoms with Crippen molar-refractivity contribution in [3.63, 3.8) is 0 Å². The summed E-state index contributed by atoms with van der Waals surface area (Å²) in [6.07, 6.45) is 8.40. The van der Waals surface area contributed by atoms with Crippen molar-refractivity contribution in [2.24, 2.45) is 0 Å². The third kappa shape index (κ3) is 3.56. The Bertz CT molecular complexity index is 381. The van der Waals surface area contributed by atoms with Gasteiger partial charge in [0.25, 0.3) is 0 Å². The molecular weight excluding hydrogens is 237 g/mol. The molecule has 1 aromatic carbocycles. The Labute approximate surface area is 116 Å². The average molecular weight is 263 g/mol. The highest BCUT2D eigenvalue weighted by Crippen LogP contribution is 2.39. The standard InChI is InChI=1S/C17H26FN/c1-2-13-19-14-17(11-7-3-4-8-12-17)15-9-5-6-10-16(15)18/h5-6,9-10,19H,2-4,7-8,11-14H2,1H3. The minimum absolute atomic E-state index is 0.0109. The van der Waals surface area contributed by atoms with E-state index in [1.807, 2.05) is 12.1 Å². The first-order chi connectivity index (χ1) is 9.28. The number of nitrogens with one attached hydrogen (secondary N) is 1. The topological polar surface area (TPSA) is 12.0 Å². The molecule has 0 bridgehead atoms. The van der Waals surface area contributed by atoms with Crippen LogP contribution in [0.5, 0.6) is 0 Å². The van der Waals surface area contributed by atoms with Crippen molar-refractivity contribution in [3.05, 3.63) is 35.6 Å². The monoisotopic (exact) mass is 263 g/mol. The molecule has 1 fully saturated rings. The molecule has 1 aliphatic rings. The molecule has 0 radical (unpaired) electrons. The third-order valence-electron chi connectivity index (χ3n) is 4.40. The lowest BCUT2D eigenvalue weighted by Crippen LogP contribution is -2.39. The van der Waals surface area contributed by atoms with Crippen LogP contribution < -0.4 is 5.32 Å². The summed E-state index contributed by atoms with van der Waals surface area (Å²) in [4.78, 5) is 0. The molecule has 1 saturated carbocycles. The molecule has 0 heterocycles. The Morgan fingerprint density at radius 1 is 1.11 bits per heavy atom. The van der Waals surface area contributed by atoms with Crippen LogP contribution in [0.15, 0.2) is 24.3 Å². The molecule has 0 spiro atoms. The summed E-state index contributed by atoms with van der Waals surface area (Å²) in [5, 5.41) is 3.53. The van der Waals surface area contributed by atoms with E-state index in [4.69, 9.17) is 0 Å². The molecule has 1 nitrogen and oxygen atoms in total. The molecule has 0 saturated heterocycles. The molecule has 0 atom stereocenters. The smallest absolute Gasteiger partial charge is 0.127 e. The van der Waals surface area contributed by atoms with Crippen LogP contribution >= 0.6 is 0 Å². The van der Waals surface area contributed by atoms with Crippen LogP contribution in [0.3, 0.4) is 0 Å². The van der Waals surface area contributed by atoms with Crippen LogP contribution in [-0.2, 0) is 5.41 Å². The predicted octanol–water partition coefficient (Wildman–Crippen LogP) is 4.42. The fraction of sp³-hybridized carbons (Fsp3) is 0.647. The maximum atomic E-state index is 14.2. The lowest BCUT2D eigenvalue weighted by molar-refractivity contribution is 0.335. The SMILES string of the molecule is CCCNCC1(c2ccccc2F)CCCCCC1. The van der Waals surface area contributed by atoms with Gasteiger partial charge in [0.1, 0.15) is 5.82 Å². The lowest BCUT2D eigenvalue weighted by Gasteiger charge is -2.34. The molecule has 0 unspecified atom stereocenters. The number of rotatable bonds is 5. The van der Waals surface area contributed by atoms with Crippen molar-refractivity contribution < 1.29 is 4.39 Å². The normalized spacial score (nSPS) is 19.1. The quantitative estimate of drug-likeness (QED) is 0.612. The van der Waals surface area contributed by atoms with Crippen molar-refractivity contribution in [2.45, 2.75) is 57.3 Å². The zero-order chi connectivity index (χ0) is 13.6. The lowest BCUT2D eigenvalue weighted by atomic mass is 9.74. The van der Waals surface area contributed by atoms with Gasteiger partial charge >= 0.3 is 0 Å². The fourth-order valence-electron chi connectivity index (χ4n) is 3.34. The fourth-order valence-corrected chi connectivity index (χ4v) is 3.34.